The van der Waals surface area contributed by atoms with E-state index in [1.165, 1.54) is 11.3 Å². The van der Waals surface area contributed by atoms with E-state index in [0.717, 1.165) is 4.88 Å². The van der Waals surface area contributed by atoms with E-state index in [2.05, 4.69) is 0 Å². The molecule has 1 heterocycles. The van der Waals surface area contributed by atoms with Crippen molar-refractivity contribution in [1.29, 1.82) is 0 Å². The normalized spacial score (nSPS) is 14.4. The first-order valence-corrected chi connectivity index (χ1v) is 5.62. The summed E-state index contributed by atoms with van der Waals surface area (Å²) in [5, 5.41) is 9.87. The Labute approximate surface area is 93.5 Å². The lowest BCUT2D eigenvalue weighted by Crippen LogP contribution is -2.25. The molecule has 0 aliphatic rings. The van der Waals surface area contributed by atoms with Gasteiger partial charge in [-0.1, -0.05) is 11.6 Å². The van der Waals surface area contributed by atoms with Crippen LogP contribution in [0.5, 0.6) is 0 Å². The largest absolute Gasteiger partial charge is 0.387 e. The van der Waals surface area contributed by atoms with Crippen LogP contribution in [0, 0.1) is 0 Å². The Kier molecular flexibility index (Phi) is 3.95. The van der Waals surface area contributed by atoms with Gasteiger partial charge in [-0.15, -0.1) is 11.3 Å². The van der Waals surface area contributed by atoms with E-state index in [-0.39, 0.29) is 5.60 Å². The maximum Gasteiger partial charge on any atom is 0.0932 e. The molecule has 14 heavy (non-hydrogen) atoms. The van der Waals surface area contributed by atoms with Crippen LogP contribution in [0.4, 0.5) is 0 Å². The van der Waals surface area contributed by atoms with Crippen LogP contribution < -0.4 is 0 Å². The fourth-order valence-corrected chi connectivity index (χ4v) is 2.20. The zero-order valence-electron chi connectivity index (χ0n) is 8.58. The molecule has 1 atom stereocenters. The summed E-state index contributed by atoms with van der Waals surface area (Å²) >= 11 is 7.19. The summed E-state index contributed by atoms with van der Waals surface area (Å²) in [6.45, 7) is 3.90. The topological polar surface area (TPSA) is 29.5 Å². The molecule has 1 rings (SSSR count). The zero-order chi connectivity index (χ0) is 10.8. The summed E-state index contributed by atoms with van der Waals surface area (Å²) < 4.78 is 5.95. The number of ether oxygens (including phenoxy) is 1. The quantitative estimate of drug-likeness (QED) is 0.867. The van der Waals surface area contributed by atoms with Gasteiger partial charge in [-0.3, -0.25) is 0 Å². The molecule has 0 amide bonds. The first kappa shape index (κ1) is 12.0. The second-order valence-electron chi connectivity index (χ2n) is 3.83. The first-order valence-electron chi connectivity index (χ1n) is 4.43. The van der Waals surface area contributed by atoms with E-state index in [1.54, 1.807) is 13.2 Å². The van der Waals surface area contributed by atoms with Crippen molar-refractivity contribution >= 4 is 22.9 Å². The summed E-state index contributed by atoms with van der Waals surface area (Å²) in [5.74, 6) is 0. The van der Waals surface area contributed by atoms with Gasteiger partial charge in [0.15, 0.2) is 0 Å². The lowest BCUT2D eigenvalue weighted by atomic mass is 10.00. The van der Waals surface area contributed by atoms with Crippen molar-refractivity contribution < 1.29 is 9.84 Å². The summed E-state index contributed by atoms with van der Waals surface area (Å²) in [4.78, 5) is 0.889. The van der Waals surface area contributed by atoms with Crippen molar-refractivity contribution in [3.05, 3.63) is 21.3 Å². The van der Waals surface area contributed by atoms with Crippen LogP contribution in [0.25, 0.3) is 0 Å². The summed E-state index contributed by atoms with van der Waals surface area (Å²) in [6, 6.07) is 3.65. The van der Waals surface area contributed by atoms with Gasteiger partial charge in [0.2, 0.25) is 0 Å². The summed E-state index contributed by atoms with van der Waals surface area (Å²) in [7, 11) is 1.65. The molecule has 0 aliphatic carbocycles. The molecule has 1 N–H and O–H groups in total. The fourth-order valence-electron chi connectivity index (χ4n) is 1.16. The van der Waals surface area contributed by atoms with Crippen molar-refractivity contribution in [3.63, 3.8) is 0 Å². The van der Waals surface area contributed by atoms with E-state index in [0.29, 0.717) is 10.8 Å². The molecule has 0 aliphatic heterocycles. The van der Waals surface area contributed by atoms with E-state index >= 15 is 0 Å². The third-order valence-corrected chi connectivity index (χ3v) is 3.49. The molecule has 0 radical (unpaired) electrons. The molecule has 0 saturated carbocycles. The zero-order valence-corrected chi connectivity index (χ0v) is 10.2. The minimum atomic E-state index is -0.498. The monoisotopic (exact) mass is 234 g/mol. The minimum absolute atomic E-state index is 0.310. The van der Waals surface area contributed by atoms with Crippen molar-refractivity contribution in [3.8, 4) is 0 Å². The molecule has 1 unspecified atom stereocenters. The second kappa shape index (κ2) is 4.62. The first-order chi connectivity index (χ1) is 6.44. The van der Waals surface area contributed by atoms with Crippen molar-refractivity contribution in [2.75, 3.05) is 7.11 Å². The molecule has 0 bridgehead atoms. The number of aliphatic hydroxyl groups is 1. The molecule has 2 nitrogen and oxygen atoms in total. The molecule has 0 spiro atoms. The highest BCUT2D eigenvalue weighted by Crippen LogP contribution is 2.32. The van der Waals surface area contributed by atoms with Crippen LogP contribution in [0.1, 0.15) is 31.2 Å². The fraction of sp³-hybridized carbons (Fsp3) is 0.600. The van der Waals surface area contributed by atoms with Gasteiger partial charge in [0.1, 0.15) is 0 Å². The van der Waals surface area contributed by atoms with Gasteiger partial charge < -0.3 is 9.84 Å². The highest BCUT2D eigenvalue weighted by atomic mass is 35.5. The van der Waals surface area contributed by atoms with Gasteiger partial charge in [0, 0.05) is 18.4 Å². The number of rotatable bonds is 4. The minimum Gasteiger partial charge on any atom is -0.387 e. The van der Waals surface area contributed by atoms with Crippen LogP contribution in [0.15, 0.2) is 12.1 Å². The molecule has 1 aromatic heterocycles. The molecular weight excluding hydrogens is 220 g/mol. The van der Waals surface area contributed by atoms with Crippen LogP contribution in [0.2, 0.25) is 4.34 Å². The van der Waals surface area contributed by atoms with Gasteiger partial charge in [-0.25, -0.2) is 0 Å². The highest BCUT2D eigenvalue weighted by molar-refractivity contribution is 7.16. The number of hydrogen-bond acceptors (Lipinski definition) is 3. The van der Waals surface area contributed by atoms with E-state index in [9.17, 15) is 5.11 Å². The lowest BCUT2D eigenvalue weighted by molar-refractivity contribution is -0.0193. The Morgan fingerprint density at radius 1 is 1.57 bits per heavy atom. The van der Waals surface area contributed by atoms with E-state index in [4.69, 9.17) is 16.3 Å². The van der Waals surface area contributed by atoms with E-state index < -0.39 is 6.10 Å². The van der Waals surface area contributed by atoms with Crippen molar-refractivity contribution in [2.24, 2.45) is 0 Å². The second-order valence-corrected chi connectivity index (χ2v) is 5.57. The molecule has 0 aromatic carbocycles. The molecular formula is C10H15ClO2S. The Balaban J connectivity index is 2.63. The number of thiophene rings is 1. The summed E-state index contributed by atoms with van der Waals surface area (Å²) in [6.07, 6.45) is 0.0721. The number of aliphatic hydroxyl groups excluding tert-OH is 1. The molecule has 80 valence electrons. The number of halogens is 1. The molecule has 1 aromatic rings. The predicted octanol–water partition coefficient (Wildman–Crippen LogP) is 3.25. The number of methoxy groups -OCH3 is 1. The maximum absolute atomic E-state index is 9.87. The van der Waals surface area contributed by atoms with Crippen molar-refractivity contribution in [2.45, 2.75) is 32.0 Å². The molecule has 4 heteroatoms. The SMILES string of the molecule is COC(C)(C)CC(O)c1ccc(Cl)s1. The van der Waals surface area contributed by atoms with E-state index in [1.807, 2.05) is 19.9 Å². The highest BCUT2D eigenvalue weighted by Gasteiger charge is 2.23. The Morgan fingerprint density at radius 2 is 2.21 bits per heavy atom. The van der Waals surface area contributed by atoms with Crippen LogP contribution in [0.3, 0.4) is 0 Å². The number of hydrogen-bond donors (Lipinski definition) is 1. The summed E-state index contributed by atoms with van der Waals surface area (Å²) in [5.41, 5.74) is -0.310. The van der Waals surface area contributed by atoms with Gasteiger partial charge in [0.05, 0.1) is 16.0 Å². The average molecular weight is 235 g/mol. The maximum atomic E-state index is 9.87. The standard InChI is InChI=1S/C10H15ClO2S/c1-10(2,13-3)6-7(12)8-4-5-9(11)14-8/h4-5,7,12H,6H2,1-3H3. The third-order valence-electron chi connectivity index (χ3n) is 2.16. The predicted molar refractivity (Wildman–Crippen MR) is 60.0 cm³/mol. The molecule has 0 fully saturated rings. The third kappa shape index (κ3) is 3.24. The van der Waals surface area contributed by atoms with Gasteiger partial charge >= 0.3 is 0 Å². The van der Waals surface area contributed by atoms with Gasteiger partial charge in [-0.2, -0.15) is 0 Å². The van der Waals surface area contributed by atoms with Crippen molar-refractivity contribution in [1.82, 2.24) is 0 Å². The molecule has 0 saturated heterocycles. The van der Waals surface area contributed by atoms with Crippen LogP contribution in [-0.4, -0.2) is 17.8 Å². The van der Waals surface area contributed by atoms with Gasteiger partial charge in [-0.05, 0) is 26.0 Å². The Bertz CT molecular complexity index is 296. The average Bonchev–Trinajstić information content (AvgIpc) is 2.51. The lowest BCUT2D eigenvalue weighted by Gasteiger charge is -2.25. The smallest absolute Gasteiger partial charge is 0.0932 e. The van der Waals surface area contributed by atoms with Gasteiger partial charge in [0.25, 0.3) is 0 Å². The van der Waals surface area contributed by atoms with Crippen LogP contribution in [-0.2, 0) is 4.74 Å². The Hall–Kier alpha value is -0.0900. The van der Waals surface area contributed by atoms with Crippen LogP contribution >= 0.6 is 22.9 Å². The Morgan fingerprint density at radius 3 is 2.64 bits per heavy atom.